The first-order chi connectivity index (χ1) is 4.04. The van der Waals surface area contributed by atoms with Crippen LogP contribution in [0.15, 0.2) is 24.8 Å². The largest absolute Gasteiger partial charge is 0.197 e. The molecule has 0 saturated heterocycles. The SMILES string of the molecule is C=CC(=C)C(C)(C)C#N. The molecule has 9 heavy (non-hydrogen) atoms. The van der Waals surface area contributed by atoms with Crippen molar-refractivity contribution in [3.63, 3.8) is 0 Å². The van der Waals surface area contributed by atoms with Gasteiger partial charge in [0.2, 0.25) is 0 Å². The summed E-state index contributed by atoms with van der Waals surface area (Å²) in [6.07, 6.45) is 1.61. The van der Waals surface area contributed by atoms with Gasteiger partial charge in [-0.25, -0.2) is 0 Å². The first kappa shape index (κ1) is 7.97. The predicted molar refractivity (Wildman–Crippen MR) is 38.7 cm³/mol. The molecule has 0 aliphatic heterocycles. The molecule has 0 rings (SSSR count). The standard InChI is InChI=1S/C8H11N/c1-5-7(2)8(3,4)6-9/h5H,1-2H2,3-4H3. The smallest absolute Gasteiger partial charge is 0.0760 e. The zero-order chi connectivity index (χ0) is 7.49. The Labute approximate surface area is 56.3 Å². The molecule has 0 aromatic heterocycles. The van der Waals surface area contributed by atoms with E-state index >= 15 is 0 Å². The van der Waals surface area contributed by atoms with Crippen molar-refractivity contribution in [3.05, 3.63) is 24.8 Å². The van der Waals surface area contributed by atoms with E-state index in [1.165, 1.54) is 0 Å². The van der Waals surface area contributed by atoms with Crippen LogP contribution in [0, 0.1) is 16.7 Å². The second kappa shape index (κ2) is 2.50. The lowest BCUT2D eigenvalue weighted by atomic mass is 9.87. The van der Waals surface area contributed by atoms with Crippen molar-refractivity contribution in [1.29, 1.82) is 5.26 Å². The monoisotopic (exact) mass is 121 g/mol. The van der Waals surface area contributed by atoms with Crippen molar-refractivity contribution < 1.29 is 0 Å². The lowest BCUT2D eigenvalue weighted by Crippen LogP contribution is -2.08. The molecule has 0 amide bonds. The highest BCUT2D eigenvalue weighted by molar-refractivity contribution is 5.26. The summed E-state index contributed by atoms with van der Waals surface area (Å²) < 4.78 is 0. The van der Waals surface area contributed by atoms with Crippen molar-refractivity contribution in [2.45, 2.75) is 13.8 Å². The molecule has 0 radical (unpaired) electrons. The average Bonchev–Trinajstić information content (AvgIpc) is 1.86. The Morgan fingerprint density at radius 3 is 2.22 bits per heavy atom. The van der Waals surface area contributed by atoms with Gasteiger partial charge in [-0.15, -0.1) is 0 Å². The van der Waals surface area contributed by atoms with Crippen LogP contribution < -0.4 is 0 Å². The van der Waals surface area contributed by atoms with Gasteiger partial charge in [-0.1, -0.05) is 19.2 Å². The molecule has 0 aromatic rings. The van der Waals surface area contributed by atoms with E-state index in [1.807, 2.05) is 13.8 Å². The number of nitrogens with zero attached hydrogens (tertiary/aromatic N) is 1. The maximum atomic E-state index is 8.54. The van der Waals surface area contributed by atoms with Gasteiger partial charge in [0.15, 0.2) is 0 Å². The normalized spacial score (nSPS) is 9.89. The maximum absolute atomic E-state index is 8.54. The van der Waals surface area contributed by atoms with Crippen molar-refractivity contribution in [2.75, 3.05) is 0 Å². The van der Waals surface area contributed by atoms with Crippen LogP contribution >= 0.6 is 0 Å². The minimum absolute atomic E-state index is 0.457. The predicted octanol–water partition coefficient (Wildman–Crippen LogP) is 2.28. The van der Waals surface area contributed by atoms with Crippen LogP contribution in [0.25, 0.3) is 0 Å². The molecule has 0 fully saturated rings. The summed E-state index contributed by atoms with van der Waals surface area (Å²) in [5.41, 5.74) is 0.312. The van der Waals surface area contributed by atoms with Gasteiger partial charge in [0, 0.05) is 0 Å². The first-order valence-electron chi connectivity index (χ1n) is 2.77. The van der Waals surface area contributed by atoms with Gasteiger partial charge >= 0.3 is 0 Å². The van der Waals surface area contributed by atoms with Crippen LogP contribution in [0.3, 0.4) is 0 Å². The third kappa shape index (κ3) is 1.73. The second-order valence-electron chi connectivity index (χ2n) is 2.47. The Kier molecular flexibility index (Phi) is 2.21. The second-order valence-corrected chi connectivity index (χ2v) is 2.47. The van der Waals surface area contributed by atoms with Crippen LogP contribution in [0.5, 0.6) is 0 Å². The molecule has 0 aliphatic carbocycles. The fourth-order valence-electron chi connectivity index (χ4n) is 0.327. The van der Waals surface area contributed by atoms with E-state index < -0.39 is 5.41 Å². The summed E-state index contributed by atoms with van der Waals surface area (Å²) in [5.74, 6) is 0. The molecular weight excluding hydrogens is 110 g/mol. The van der Waals surface area contributed by atoms with E-state index in [1.54, 1.807) is 6.08 Å². The lowest BCUT2D eigenvalue weighted by molar-refractivity contribution is 0.615. The summed E-state index contributed by atoms with van der Waals surface area (Å²) in [5, 5.41) is 8.54. The van der Waals surface area contributed by atoms with Crippen LogP contribution in [-0.2, 0) is 0 Å². The van der Waals surface area contributed by atoms with E-state index in [0.29, 0.717) is 0 Å². The van der Waals surface area contributed by atoms with Gasteiger partial charge < -0.3 is 0 Å². The molecule has 0 spiro atoms. The van der Waals surface area contributed by atoms with E-state index in [0.717, 1.165) is 5.57 Å². The van der Waals surface area contributed by atoms with Gasteiger partial charge in [-0.2, -0.15) is 5.26 Å². The molecule has 0 saturated carbocycles. The van der Waals surface area contributed by atoms with Crippen LogP contribution in [0.4, 0.5) is 0 Å². The number of allylic oxidation sites excluding steroid dienone is 2. The van der Waals surface area contributed by atoms with E-state index in [2.05, 4.69) is 19.2 Å². The molecule has 0 heterocycles. The summed E-state index contributed by atoms with van der Waals surface area (Å²) in [7, 11) is 0. The Bertz CT molecular complexity index is 169. The molecule has 0 aromatic carbocycles. The third-order valence-electron chi connectivity index (χ3n) is 1.33. The Balaban J connectivity index is 4.37. The molecule has 0 bridgehead atoms. The van der Waals surface area contributed by atoms with Crippen LogP contribution in [-0.4, -0.2) is 0 Å². The zero-order valence-electron chi connectivity index (χ0n) is 5.94. The van der Waals surface area contributed by atoms with E-state index in [4.69, 9.17) is 5.26 Å². The topological polar surface area (TPSA) is 23.8 Å². The molecule has 48 valence electrons. The van der Waals surface area contributed by atoms with Crippen molar-refractivity contribution in [1.82, 2.24) is 0 Å². The Morgan fingerprint density at radius 1 is 1.67 bits per heavy atom. The number of hydrogen-bond donors (Lipinski definition) is 0. The van der Waals surface area contributed by atoms with E-state index in [9.17, 15) is 0 Å². The number of nitriles is 1. The highest BCUT2D eigenvalue weighted by Crippen LogP contribution is 2.23. The summed E-state index contributed by atoms with van der Waals surface area (Å²) in [6, 6.07) is 2.12. The summed E-state index contributed by atoms with van der Waals surface area (Å²) in [4.78, 5) is 0. The molecule has 0 aliphatic rings. The van der Waals surface area contributed by atoms with Gasteiger partial charge in [-0.3, -0.25) is 0 Å². The van der Waals surface area contributed by atoms with Crippen LogP contribution in [0.1, 0.15) is 13.8 Å². The average molecular weight is 121 g/mol. The Morgan fingerprint density at radius 2 is 2.11 bits per heavy atom. The molecule has 0 unspecified atom stereocenters. The first-order valence-corrected chi connectivity index (χ1v) is 2.77. The lowest BCUT2D eigenvalue weighted by Gasteiger charge is -2.13. The fraction of sp³-hybridized carbons (Fsp3) is 0.375. The Hall–Kier alpha value is -1.03. The van der Waals surface area contributed by atoms with Crippen LogP contribution in [0.2, 0.25) is 0 Å². The van der Waals surface area contributed by atoms with Gasteiger partial charge in [0.25, 0.3) is 0 Å². The molecule has 0 N–H and O–H groups in total. The molecule has 1 nitrogen and oxygen atoms in total. The number of rotatable bonds is 2. The highest BCUT2D eigenvalue weighted by atomic mass is 14.3. The minimum Gasteiger partial charge on any atom is -0.197 e. The third-order valence-corrected chi connectivity index (χ3v) is 1.33. The molecule has 0 atom stereocenters. The summed E-state index contributed by atoms with van der Waals surface area (Å²) in [6.45, 7) is 10.8. The maximum Gasteiger partial charge on any atom is 0.0760 e. The molecular formula is C8H11N. The van der Waals surface area contributed by atoms with Gasteiger partial charge in [-0.05, 0) is 19.4 Å². The van der Waals surface area contributed by atoms with Crippen molar-refractivity contribution in [3.8, 4) is 6.07 Å². The number of hydrogen-bond acceptors (Lipinski definition) is 1. The van der Waals surface area contributed by atoms with Crippen molar-refractivity contribution >= 4 is 0 Å². The zero-order valence-corrected chi connectivity index (χ0v) is 5.94. The fourth-order valence-corrected chi connectivity index (χ4v) is 0.327. The van der Waals surface area contributed by atoms with Crippen molar-refractivity contribution in [2.24, 2.45) is 5.41 Å². The summed E-state index contributed by atoms with van der Waals surface area (Å²) >= 11 is 0. The van der Waals surface area contributed by atoms with Gasteiger partial charge in [0.05, 0.1) is 11.5 Å². The van der Waals surface area contributed by atoms with Gasteiger partial charge in [0.1, 0.15) is 0 Å². The minimum atomic E-state index is -0.457. The van der Waals surface area contributed by atoms with E-state index in [-0.39, 0.29) is 0 Å². The highest BCUT2D eigenvalue weighted by Gasteiger charge is 2.17. The quantitative estimate of drug-likeness (QED) is 0.514. The molecule has 1 heteroatoms.